The lowest BCUT2D eigenvalue weighted by Crippen LogP contribution is -2.38. The summed E-state index contributed by atoms with van der Waals surface area (Å²) < 4.78 is 16.1. The molecule has 1 N–H and O–H groups in total. The normalized spacial score (nSPS) is 11.8. The van der Waals surface area contributed by atoms with E-state index in [1.807, 2.05) is 32.0 Å². The minimum atomic E-state index is -0.496. The molecule has 5 heteroatoms. The molecular formula is C16H25NO4. The van der Waals surface area contributed by atoms with Gasteiger partial charge in [0, 0.05) is 25.8 Å². The Morgan fingerprint density at radius 1 is 1.29 bits per heavy atom. The molecule has 1 rings (SSSR count). The lowest BCUT2D eigenvalue weighted by Gasteiger charge is -2.17. The maximum absolute atomic E-state index is 12.1. The average Bonchev–Trinajstić information content (AvgIpc) is 2.52. The molecule has 21 heavy (non-hydrogen) atoms. The predicted molar refractivity (Wildman–Crippen MR) is 81.8 cm³/mol. The van der Waals surface area contributed by atoms with Crippen LogP contribution in [0.1, 0.15) is 26.7 Å². The summed E-state index contributed by atoms with van der Waals surface area (Å²) >= 11 is 0. The highest BCUT2D eigenvalue weighted by molar-refractivity contribution is 5.81. The fraction of sp³-hybridized carbons (Fsp3) is 0.562. The first kappa shape index (κ1) is 17.3. The molecule has 0 heterocycles. The van der Waals surface area contributed by atoms with Crippen molar-refractivity contribution in [3.8, 4) is 11.5 Å². The predicted octanol–water partition coefficient (Wildman–Crippen LogP) is 2.40. The van der Waals surface area contributed by atoms with E-state index in [9.17, 15) is 4.79 Å². The number of carbonyl (C=O) groups excluding carboxylic acids is 1. The van der Waals surface area contributed by atoms with Gasteiger partial charge in [0.05, 0.1) is 7.11 Å². The molecule has 0 saturated heterocycles. The summed E-state index contributed by atoms with van der Waals surface area (Å²) in [5.41, 5.74) is 0. The summed E-state index contributed by atoms with van der Waals surface area (Å²) in [7, 11) is 1.60. The second-order valence-electron chi connectivity index (χ2n) is 4.54. The van der Waals surface area contributed by atoms with Crippen molar-refractivity contribution in [1.82, 2.24) is 5.32 Å². The van der Waals surface area contributed by atoms with Crippen molar-refractivity contribution in [3.05, 3.63) is 24.3 Å². The van der Waals surface area contributed by atoms with Gasteiger partial charge in [0.15, 0.2) is 6.10 Å². The number of carbonyl (C=O) groups is 1. The Kier molecular flexibility index (Phi) is 8.28. The number of rotatable bonds is 10. The smallest absolute Gasteiger partial charge is 0.261 e. The Morgan fingerprint density at radius 2 is 2.05 bits per heavy atom. The van der Waals surface area contributed by atoms with Crippen LogP contribution in [0.3, 0.4) is 0 Å². The molecule has 0 aliphatic carbocycles. The summed E-state index contributed by atoms with van der Waals surface area (Å²) in [5.74, 6) is 1.24. The number of hydrogen-bond donors (Lipinski definition) is 1. The molecule has 1 atom stereocenters. The molecule has 118 valence electrons. The van der Waals surface area contributed by atoms with Gasteiger partial charge in [-0.2, -0.15) is 0 Å². The summed E-state index contributed by atoms with van der Waals surface area (Å²) in [4.78, 5) is 12.1. The van der Waals surface area contributed by atoms with Gasteiger partial charge in [-0.3, -0.25) is 4.79 Å². The molecule has 0 saturated carbocycles. The molecule has 0 fully saturated rings. The molecule has 0 radical (unpaired) electrons. The first-order valence-corrected chi connectivity index (χ1v) is 7.37. The van der Waals surface area contributed by atoms with E-state index < -0.39 is 6.10 Å². The van der Waals surface area contributed by atoms with Crippen molar-refractivity contribution in [3.63, 3.8) is 0 Å². The molecule has 0 aliphatic heterocycles. The number of ether oxygens (including phenoxy) is 3. The highest BCUT2D eigenvalue weighted by Gasteiger charge is 2.17. The van der Waals surface area contributed by atoms with Gasteiger partial charge >= 0.3 is 0 Å². The molecule has 1 aromatic carbocycles. The van der Waals surface area contributed by atoms with Crippen LogP contribution in [0.5, 0.6) is 11.5 Å². The van der Waals surface area contributed by atoms with Gasteiger partial charge in [-0.05, 0) is 31.9 Å². The van der Waals surface area contributed by atoms with E-state index in [1.165, 1.54) is 0 Å². The molecule has 0 spiro atoms. The van der Waals surface area contributed by atoms with Crippen LogP contribution in [0.25, 0.3) is 0 Å². The third-order valence-corrected chi connectivity index (χ3v) is 2.95. The van der Waals surface area contributed by atoms with Gasteiger partial charge in [0.1, 0.15) is 11.5 Å². The second-order valence-corrected chi connectivity index (χ2v) is 4.54. The third-order valence-electron chi connectivity index (χ3n) is 2.95. The topological polar surface area (TPSA) is 56.8 Å². The number of amides is 1. The SMILES string of the molecule is CCOCCCNC(=O)[C@@H](CC)Oc1cccc(OC)c1. The Hall–Kier alpha value is -1.75. The minimum absolute atomic E-state index is 0.100. The average molecular weight is 295 g/mol. The maximum Gasteiger partial charge on any atom is 0.261 e. The zero-order valence-electron chi connectivity index (χ0n) is 13.1. The monoisotopic (exact) mass is 295 g/mol. The number of hydrogen-bond acceptors (Lipinski definition) is 4. The number of benzene rings is 1. The van der Waals surface area contributed by atoms with Crippen LogP contribution in [0.4, 0.5) is 0 Å². The molecule has 0 unspecified atom stereocenters. The summed E-state index contributed by atoms with van der Waals surface area (Å²) in [5, 5.41) is 2.87. The molecule has 1 aromatic rings. The molecule has 1 amide bonds. The van der Waals surface area contributed by atoms with Gasteiger partial charge in [0.2, 0.25) is 0 Å². The van der Waals surface area contributed by atoms with Crippen LogP contribution in [0, 0.1) is 0 Å². The molecule has 0 aromatic heterocycles. The van der Waals surface area contributed by atoms with Crippen molar-refractivity contribution in [2.24, 2.45) is 0 Å². The number of nitrogens with one attached hydrogen (secondary N) is 1. The Labute approximate surface area is 126 Å². The number of methoxy groups -OCH3 is 1. The minimum Gasteiger partial charge on any atom is -0.497 e. The molecule has 0 aliphatic rings. The zero-order chi connectivity index (χ0) is 15.5. The highest BCUT2D eigenvalue weighted by Crippen LogP contribution is 2.20. The third kappa shape index (κ3) is 6.49. The van der Waals surface area contributed by atoms with Crippen molar-refractivity contribution in [2.45, 2.75) is 32.8 Å². The van der Waals surface area contributed by atoms with Crippen molar-refractivity contribution >= 4 is 5.91 Å². The first-order chi connectivity index (χ1) is 10.2. The lowest BCUT2D eigenvalue weighted by atomic mass is 10.2. The molecule has 0 bridgehead atoms. The summed E-state index contributed by atoms with van der Waals surface area (Å²) in [6, 6.07) is 7.25. The van der Waals surface area contributed by atoms with E-state index in [2.05, 4.69) is 5.32 Å². The Bertz CT molecular complexity index is 422. The van der Waals surface area contributed by atoms with Crippen LogP contribution in [0.2, 0.25) is 0 Å². The molecular weight excluding hydrogens is 270 g/mol. The van der Waals surface area contributed by atoms with Gasteiger partial charge < -0.3 is 19.5 Å². The van der Waals surface area contributed by atoms with Crippen molar-refractivity contribution in [2.75, 3.05) is 26.9 Å². The van der Waals surface area contributed by atoms with E-state index >= 15 is 0 Å². The van der Waals surface area contributed by atoms with Crippen LogP contribution >= 0.6 is 0 Å². The van der Waals surface area contributed by atoms with E-state index in [1.54, 1.807) is 13.2 Å². The van der Waals surface area contributed by atoms with Crippen LogP contribution in [-0.2, 0) is 9.53 Å². The van der Waals surface area contributed by atoms with Crippen LogP contribution in [-0.4, -0.2) is 38.9 Å². The van der Waals surface area contributed by atoms with Gasteiger partial charge in [-0.25, -0.2) is 0 Å². The standard InChI is InChI=1S/C16H25NO4/c1-4-15(16(18)17-10-7-11-20-5-2)21-14-9-6-8-13(12-14)19-3/h6,8-9,12,15H,4-5,7,10-11H2,1-3H3,(H,17,18)/t15-/m1/s1. The van der Waals surface area contributed by atoms with Gasteiger partial charge in [-0.15, -0.1) is 0 Å². The maximum atomic E-state index is 12.1. The zero-order valence-corrected chi connectivity index (χ0v) is 13.1. The van der Waals surface area contributed by atoms with Gasteiger partial charge in [0.25, 0.3) is 5.91 Å². The van der Waals surface area contributed by atoms with E-state index in [-0.39, 0.29) is 5.91 Å². The van der Waals surface area contributed by atoms with E-state index in [0.717, 1.165) is 6.42 Å². The van der Waals surface area contributed by atoms with Crippen molar-refractivity contribution in [1.29, 1.82) is 0 Å². The highest BCUT2D eigenvalue weighted by atomic mass is 16.5. The fourth-order valence-corrected chi connectivity index (χ4v) is 1.81. The second kappa shape index (κ2) is 10.0. The van der Waals surface area contributed by atoms with E-state index in [0.29, 0.717) is 37.7 Å². The van der Waals surface area contributed by atoms with Crippen LogP contribution in [0.15, 0.2) is 24.3 Å². The van der Waals surface area contributed by atoms with Crippen molar-refractivity contribution < 1.29 is 19.0 Å². The van der Waals surface area contributed by atoms with Gasteiger partial charge in [-0.1, -0.05) is 13.0 Å². The molecule has 5 nitrogen and oxygen atoms in total. The first-order valence-electron chi connectivity index (χ1n) is 7.37. The Balaban J connectivity index is 2.43. The van der Waals surface area contributed by atoms with E-state index in [4.69, 9.17) is 14.2 Å². The fourth-order valence-electron chi connectivity index (χ4n) is 1.81. The summed E-state index contributed by atoms with van der Waals surface area (Å²) in [6.07, 6.45) is 0.910. The summed E-state index contributed by atoms with van der Waals surface area (Å²) in [6.45, 7) is 5.82. The van der Waals surface area contributed by atoms with Crippen LogP contribution < -0.4 is 14.8 Å². The quantitative estimate of drug-likeness (QED) is 0.673. The Morgan fingerprint density at radius 3 is 2.71 bits per heavy atom. The lowest BCUT2D eigenvalue weighted by molar-refractivity contribution is -0.128. The largest absolute Gasteiger partial charge is 0.497 e.